The lowest BCUT2D eigenvalue weighted by molar-refractivity contribution is 0.0575. The third-order valence-corrected chi connectivity index (χ3v) is 4.77. The highest BCUT2D eigenvalue weighted by atomic mass is 79.9. The van der Waals surface area contributed by atoms with Gasteiger partial charge in [-0.25, -0.2) is 4.39 Å². The molecule has 106 valence electrons. The van der Waals surface area contributed by atoms with Crippen molar-refractivity contribution in [1.82, 2.24) is 0 Å². The van der Waals surface area contributed by atoms with Crippen molar-refractivity contribution in [1.29, 1.82) is 0 Å². The molecule has 1 atom stereocenters. The number of benzene rings is 2. The molecule has 0 aliphatic rings. The predicted molar refractivity (Wildman–Crippen MR) is 86.5 cm³/mol. The van der Waals surface area contributed by atoms with Gasteiger partial charge in [0.1, 0.15) is 5.82 Å². The minimum atomic E-state index is -1.19. The van der Waals surface area contributed by atoms with E-state index in [-0.39, 0.29) is 12.2 Å². The van der Waals surface area contributed by atoms with Gasteiger partial charge >= 0.3 is 0 Å². The highest BCUT2D eigenvalue weighted by Gasteiger charge is 2.27. The van der Waals surface area contributed by atoms with E-state index < -0.39 is 5.60 Å². The fourth-order valence-corrected chi connectivity index (χ4v) is 3.36. The van der Waals surface area contributed by atoms with E-state index in [9.17, 15) is 9.50 Å². The Hall–Kier alpha value is -0.420. The molecular weight excluding hydrogens is 410 g/mol. The number of hydrogen-bond acceptors (Lipinski definition) is 1. The maximum atomic E-state index is 13.5. The summed E-state index contributed by atoms with van der Waals surface area (Å²) in [5, 5.41) is 11.2. The van der Waals surface area contributed by atoms with Crippen LogP contribution in [-0.4, -0.2) is 5.11 Å². The van der Waals surface area contributed by atoms with Crippen molar-refractivity contribution in [2.75, 3.05) is 0 Å². The first-order valence-electron chi connectivity index (χ1n) is 5.92. The van der Waals surface area contributed by atoms with Crippen molar-refractivity contribution in [2.45, 2.75) is 18.9 Å². The molecule has 0 radical (unpaired) electrons. The van der Waals surface area contributed by atoms with Crippen LogP contribution in [0.5, 0.6) is 0 Å². The average Bonchev–Trinajstić information content (AvgIpc) is 2.34. The number of aliphatic hydroxyl groups is 1. The maximum Gasteiger partial charge on any atom is 0.137 e. The minimum absolute atomic E-state index is 0.257. The Labute approximate surface area is 139 Å². The summed E-state index contributed by atoms with van der Waals surface area (Å²) in [6.07, 6.45) is 0.257. The minimum Gasteiger partial charge on any atom is -0.385 e. The van der Waals surface area contributed by atoms with Gasteiger partial charge in [0.2, 0.25) is 0 Å². The third-order valence-electron chi connectivity index (χ3n) is 3.08. The molecule has 2 aromatic rings. The van der Waals surface area contributed by atoms with Crippen LogP contribution in [0.4, 0.5) is 4.39 Å². The molecule has 0 saturated heterocycles. The average molecular weight is 423 g/mol. The Morgan fingerprint density at radius 3 is 2.60 bits per heavy atom. The summed E-state index contributed by atoms with van der Waals surface area (Å²) in [5.41, 5.74) is 0.112. The largest absolute Gasteiger partial charge is 0.385 e. The lowest BCUT2D eigenvalue weighted by Crippen LogP contribution is -2.25. The molecule has 0 aliphatic heterocycles. The smallest absolute Gasteiger partial charge is 0.137 e. The van der Waals surface area contributed by atoms with Crippen molar-refractivity contribution in [3.05, 3.63) is 67.3 Å². The monoisotopic (exact) mass is 420 g/mol. The Bertz CT molecular complexity index is 644. The van der Waals surface area contributed by atoms with Crippen molar-refractivity contribution >= 4 is 43.5 Å². The Kier molecular flexibility index (Phi) is 4.90. The van der Waals surface area contributed by atoms with Crippen molar-refractivity contribution < 1.29 is 9.50 Å². The van der Waals surface area contributed by atoms with Gasteiger partial charge in [-0.3, -0.25) is 0 Å². The summed E-state index contributed by atoms with van der Waals surface area (Å²) >= 11 is 12.7. The second-order valence-electron chi connectivity index (χ2n) is 4.79. The van der Waals surface area contributed by atoms with Crippen LogP contribution in [0.3, 0.4) is 0 Å². The summed E-state index contributed by atoms with van der Waals surface area (Å²) in [4.78, 5) is 0. The zero-order chi connectivity index (χ0) is 14.9. The topological polar surface area (TPSA) is 20.2 Å². The van der Waals surface area contributed by atoms with Gasteiger partial charge in [-0.05, 0) is 46.6 Å². The summed E-state index contributed by atoms with van der Waals surface area (Å²) in [7, 11) is 0. The molecule has 20 heavy (non-hydrogen) atoms. The van der Waals surface area contributed by atoms with E-state index in [0.29, 0.717) is 20.6 Å². The second-order valence-corrected chi connectivity index (χ2v) is 6.90. The van der Waals surface area contributed by atoms with E-state index in [2.05, 4.69) is 31.9 Å². The molecule has 5 heteroatoms. The van der Waals surface area contributed by atoms with E-state index in [4.69, 9.17) is 11.6 Å². The lowest BCUT2D eigenvalue weighted by atomic mass is 9.89. The standard InChI is InChI=1S/C15H12Br2ClFO/c1-15(20,11-6-5-10(16)7-12(11)18)8-9-3-2-4-13(19)14(9)17/h2-7,20H,8H2,1H3. The van der Waals surface area contributed by atoms with Crippen LogP contribution in [0, 0.1) is 5.82 Å². The maximum absolute atomic E-state index is 13.5. The number of halogens is 4. The van der Waals surface area contributed by atoms with Crippen LogP contribution in [0.1, 0.15) is 18.1 Å². The number of hydrogen-bond donors (Lipinski definition) is 1. The molecule has 0 amide bonds. The summed E-state index contributed by atoms with van der Waals surface area (Å²) < 4.78 is 14.7. The van der Waals surface area contributed by atoms with Crippen molar-refractivity contribution in [2.24, 2.45) is 0 Å². The summed E-state index contributed by atoms with van der Waals surface area (Å²) in [6, 6.07) is 10.1. The molecule has 0 fully saturated rings. The van der Waals surface area contributed by atoms with Crippen LogP contribution >= 0.6 is 43.5 Å². The van der Waals surface area contributed by atoms with E-state index in [0.717, 1.165) is 4.47 Å². The Balaban J connectivity index is 2.38. The first-order valence-corrected chi connectivity index (χ1v) is 7.88. The van der Waals surface area contributed by atoms with Gasteiger partial charge in [-0.15, -0.1) is 0 Å². The van der Waals surface area contributed by atoms with E-state index in [1.807, 2.05) is 6.07 Å². The van der Waals surface area contributed by atoms with E-state index >= 15 is 0 Å². The quantitative estimate of drug-likeness (QED) is 0.697. The van der Waals surface area contributed by atoms with E-state index in [1.54, 1.807) is 31.2 Å². The lowest BCUT2D eigenvalue weighted by Gasteiger charge is -2.26. The van der Waals surface area contributed by atoms with Crippen LogP contribution in [0.2, 0.25) is 5.02 Å². The fourth-order valence-electron chi connectivity index (χ4n) is 2.08. The summed E-state index contributed by atoms with van der Waals surface area (Å²) in [6.45, 7) is 1.67. The molecule has 0 spiro atoms. The van der Waals surface area contributed by atoms with Gasteiger partial charge in [0.05, 0.1) is 10.1 Å². The van der Waals surface area contributed by atoms with Gasteiger partial charge in [-0.1, -0.05) is 45.7 Å². The van der Waals surface area contributed by atoms with Gasteiger partial charge in [0.25, 0.3) is 0 Å². The third kappa shape index (κ3) is 3.42. The fraction of sp³-hybridized carbons (Fsp3) is 0.200. The molecular formula is C15H12Br2ClFO. The van der Waals surface area contributed by atoms with Gasteiger partial charge in [0, 0.05) is 21.5 Å². The van der Waals surface area contributed by atoms with Crippen LogP contribution in [0.25, 0.3) is 0 Å². The molecule has 2 rings (SSSR count). The van der Waals surface area contributed by atoms with Crippen LogP contribution < -0.4 is 0 Å². The normalized spacial score (nSPS) is 14.1. The second kappa shape index (κ2) is 6.14. The zero-order valence-corrected chi connectivity index (χ0v) is 14.6. The van der Waals surface area contributed by atoms with Crippen LogP contribution in [-0.2, 0) is 12.0 Å². The highest BCUT2D eigenvalue weighted by Crippen LogP contribution is 2.34. The van der Waals surface area contributed by atoms with Gasteiger partial charge in [0.15, 0.2) is 0 Å². The number of rotatable bonds is 3. The van der Waals surface area contributed by atoms with Gasteiger partial charge in [-0.2, -0.15) is 0 Å². The first kappa shape index (κ1) is 16.0. The molecule has 0 aliphatic carbocycles. The molecule has 0 saturated carbocycles. The molecule has 1 N–H and O–H groups in total. The molecule has 1 nitrogen and oxygen atoms in total. The summed E-state index contributed by atoms with van der Waals surface area (Å²) in [5.74, 6) is -0.347. The Morgan fingerprint density at radius 1 is 1.25 bits per heavy atom. The highest BCUT2D eigenvalue weighted by molar-refractivity contribution is 9.10. The van der Waals surface area contributed by atoms with E-state index in [1.165, 1.54) is 6.07 Å². The SMILES string of the molecule is CC(O)(Cc1cccc(F)c1Br)c1ccc(Br)cc1Cl. The molecule has 1 unspecified atom stereocenters. The Morgan fingerprint density at radius 2 is 1.95 bits per heavy atom. The molecule has 0 heterocycles. The zero-order valence-electron chi connectivity index (χ0n) is 10.6. The van der Waals surface area contributed by atoms with Crippen molar-refractivity contribution in [3.63, 3.8) is 0 Å². The van der Waals surface area contributed by atoms with Crippen molar-refractivity contribution in [3.8, 4) is 0 Å². The molecule has 0 bridgehead atoms. The molecule has 2 aromatic carbocycles. The molecule has 0 aromatic heterocycles. The van der Waals surface area contributed by atoms with Crippen LogP contribution in [0.15, 0.2) is 45.3 Å². The first-order chi connectivity index (χ1) is 9.31. The van der Waals surface area contributed by atoms with Gasteiger partial charge < -0.3 is 5.11 Å². The predicted octanol–water partition coefficient (Wildman–Crippen LogP) is 5.45.